The summed E-state index contributed by atoms with van der Waals surface area (Å²) in [4.78, 5) is 0. The number of hydrogen-bond acceptors (Lipinski definition) is 4. The predicted octanol–water partition coefficient (Wildman–Crippen LogP) is 1.52. The minimum atomic E-state index is 0.598. The van der Waals surface area contributed by atoms with Gasteiger partial charge in [-0.05, 0) is 19.4 Å². The first-order chi connectivity index (χ1) is 7.38. The maximum Gasteiger partial charge on any atom is 0.0600 e. The molecule has 0 aromatic rings. The Labute approximate surface area is 97.3 Å². The van der Waals surface area contributed by atoms with E-state index in [4.69, 9.17) is 9.47 Å². The minimum Gasteiger partial charge on any atom is -0.384 e. The molecule has 4 heteroatoms. The van der Waals surface area contributed by atoms with Crippen molar-refractivity contribution in [3.8, 4) is 0 Å². The molecule has 1 aliphatic rings. The average Bonchev–Trinajstić information content (AvgIpc) is 2.28. The Bertz CT molecular complexity index is 158. The number of rotatable bonds is 7. The fraction of sp³-hybridized carbons (Fsp3) is 1.00. The third kappa shape index (κ3) is 5.20. The molecular formula is C11H23NO2S. The first-order valence-electron chi connectivity index (χ1n) is 5.80. The highest BCUT2D eigenvalue weighted by Crippen LogP contribution is 2.21. The number of methoxy groups -OCH3 is 1. The summed E-state index contributed by atoms with van der Waals surface area (Å²) in [6, 6.07) is 0.626. The predicted molar refractivity (Wildman–Crippen MR) is 65.6 cm³/mol. The van der Waals surface area contributed by atoms with Crippen LogP contribution in [-0.2, 0) is 9.47 Å². The summed E-state index contributed by atoms with van der Waals surface area (Å²) < 4.78 is 10.6. The van der Waals surface area contributed by atoms with Crippen molar-refractivity contribution >= 4 is 11.8 Å². The van der Waals surface area contributed by atoms with Crippen LogP contribution in [0.25, 0.3) is 0 Å². The van der Waals surface area contributed by atoms with Gasteiger partial charge in [-0.1, -0.05) is 6.92 Å². The third-order valence-electron chi connectivity index (χ3n) is 2.58. The Morgan fingerprint density at radius 2 is 2.40 bits per heavy atom. The van der Waals surface area contributed by atoms with Gasteiger partial charge in [-0.15, -0.1) is 0 Å². The van der Waals surface area contributed by atoms with Crippen LogP contribution in [0, 0.1) is 0 Å². The lowest BCUT2D eigenvalue weighted by Crippen LogP contribution is -2.45. The average molecular weight is 233 g/mol. The van der Waals surface area contributed by atoms with Crippen LogP contribution in [0.4, 0.5) is 0 Å². The van der Waals surface area contributed by atoms with Gasteiger partial charge in [0.15, 0.2) is 0 Å². The van der Waals surface area contributed by atoms with E-state index in [1.807, 2.05) is 11.8 Å². The molecule has 1 saturated heterocycles. The molecule has 0 spiro atoms. The van der Waals surface area contributed by atoms with Crippen molar-refractivity contribution in [3.63, 3.8) is 0 Å². The van der Waals surface area contributed by atoms with Crippen LogP contribution in [0.2, 0.25) is 0 Å². The maximum absolute atomic E-state index is 5.52. The fourth-order valence-corrected chi connectivity index (χ4v) is 2.94. The van der Waals surface area contributed by atoms with Gasteiger partial charge in [-0.2, -0.15) is 11.8 Å². The highest BCUT2D eigenvalue weighted by Gasteiger charge is 2.25. The van der Waals surface area contributed by atoms with E-state index in [1.165, 1.54) is 6.42 Å². The van der Waals surface area contributed by atoms with Crippen molar-refractivity contribution in [2.75, 3.05) is 39.2 Å². The SMILES string of the molecule is CCCNC1CCOCC1SCCOC. The molecule has 2 unspecified atom stereocenters. The molecule has 15 heavy (non-hydrogen) atoms. The molecule has 0 aromatic heterocycles. The number of thioether (sulfide) groups is 1. The molecule has 3 nitrogen and oxygen atoms in total. The van der Waals surface area contributed by atoms with Gasteiger partial charge >= 0.3 is 0 Å². The molecule has 1 rings (SSSR count). The van der Waals surface area contributed by atoms with Crippen LogP contribution < -0.4 is 5.32 Å². The van der Waals surface area contributed by atoms with Crippen LogP contribution in [0.1, 0.15) is 19.8 Å². The molecule has 0 radical (unpaired) electrons. The third-order valence-corrected chi connectivity index (χ3v) is 3.88. The van der Waals surface area contributed by atoms with Gasteiger partial charge in [-0.25, -0.2) is 0 Å². The van der Waals surface area contributed by atoms with Gasteiger partial charge in [0.2, 0.25) is 0 Å². The Balaban J connectivity index is 2.22. The second kappa shape index (κ2) is 8.39. The lowest BCUT2D eigenvalue weighted by molar-refractivity contribution is 0.0832. The van der Waals surface area contributed by atoms with Gasteiger partial charge in [0.1, 0.15) is 0 Å². The second-order valence-electron chi connectivity index (χ2n) is 3.83. The summed E-state index contributed by atoms with van der Waals surface area (Å²) in [7, 11) is 1.75. The monoisotopic (exact) mass is 233 g/mol. The zero-order valence-corrected chi connectivity index (χ0v) is 10.6. The molecule has 1 heterocycles. The van der Waals surface area contributed by atoms with Crippen LogP contribution in [0.5, 0.6) is 0 Å². The van der Waals surface area contributed by atoms with Crippen molar-refractivity contribution in [3.05, 3.63) is 0 Å². The Kier molecular flexibility index (Phi) is 7.44. The summed E-state index contributed by atoms with van der Waals surface area (Å²) in [5.74, 6) is 1.06. The molecular weight excluding hydrogens is 210 g/mol. The summed E-state index contributed by atoms with van der Waals surface area (Å²) in [6.45, 7) is 5.95. The van der Waals surface area contributed by atoms with Gasteiger partial charge in [0.05, 0.1) is 13.2 Å². The molecule has 0 aliphatic carbocycles. The zero-order chi connectivity index (χ0) is 10.9. The normalized spacial score (nSPS) is 26.8. The Morgan fingerprint density at radius 3 is 3.13 bits per heavy atom. The van der Waals surface area contributed by atoms with Crippen LogP contribution in [-0.4, -0.2) is 50.5 Å². The maximum atomic E-state index is 5.52. The van der Waals surface area contributed by atoms with Crippen molar-refractivity contribution in [1.82, 2.24) is 5.32 Å². The van der Waals surface area contributed by atoms with Crippen molar-refractivity contribution in [2.24, 2.45) is 0 Å². The van der Waals surface area contributed by atoms with Crippen molar-refractivity contribution < 1.29 is 9.47 Å². The lowest BCUT2D eigenvalue weighted by atomic mass is 10.1. The first-order valence-corrected chi connectivity index (χ1v) is 6.85. The van der Waals surface area contributed by atoms with Crippen LogP contribution in [0.3, 0.4) is 0 Å². The summed E-state index contributed by atoms with van der Waals surface area (Å²) in [5, 5.41) is 4.20. The molecule has 1 aliphatic heterocycles. The summed E-state index contributed by atoms with van der Waals surface area (Å²) >= 11 is 1.97. The first kappa shape index (κ1) is 13.3. The largest absolute Gasteiger partial charge is 0.384 e. The van der Waals surface area contributed by atoms with E-state index in [2.05, 4.69) is 12.2 Å². The molecule has 0 bridgehead atoms. The number of ether oxygens (including phenoxy) is 2. The smallest absolute Gasteiger partial charge is 0.0600 e. The molecule has 0 amide bonds. The van der Waals surface area contributed by atoms with E-state index in [-0.39, 0.29) is 0 Å². The standard InChI is InChI=1S/C11H23NO2S/c1-3-5-12-10-4-6-14-9-11(10)15-8-7-13-2/h10-12H,3-9H2,1-2H3. The quantitative estimate of drug-likeness (QED) is 0.676. The summed E-state index contributed by atoms with van der Waals surface area (Å²) in [6.07, 6.45) is 2.34. The molecule has 0 aromatic carbocycles. The van der Waals surface area contributed by atoms with Gasteiger partial charge < -0.3 is 14.8 Å². The molecule has 0 saturated carbocycles. The van der Waals surface area contributed by atoms with Crippen LogP contribution in [0.15, 0.2) is 0 Å². The minimum absolute atomic E-state index is 0.598. The van der Waals surface area contributed by atoms with Gasteiger partial charge in [0, 0.05) is 30.8 Å². The zero-order valence-electron chi connectivity index (χ0n) is 9.83. The van der Waals surface area contributed by atoms with Crippen LogP contribution >= 0.6 is 11.8 Å². The highest BCUT2D eigenvalue weighted by molar-refractivity contribution is 8.00. The highest BCUT2D eigenvalue weighted by atomic mass is 32.2. The molecule has 1 N–H and O–H groups in total. The molecule has 1 fully saturated rings. The van der Waals surface area contributed by atoms with E-state index in [0.717, 1.165) is 38.5 Å². The van der Waals surface area contributed by atoms with Crippen molar-refractivity contribution in [2.45, 2.75) is 31.1 Å². The van der Waals surface area contributed by atoms with E-state index in [9.17, 15) is 0 Å². The van der Waals surface area contributed by atoms with Crippen molar-refractivity contribution in [1.29, 1.82) is 0 Å². The second-order valence-corrected chi connectivity index (χ2v) is 5.17. The van der Waals surface area contributed by atoms with E-state index in [0.29, 0.717) is 11.3 Å². The Hall–Kier alpha value is 0.230. The van der Waals surface area contributed by atoms with E-state index < -0.39 is 0 Å². The van der Waals surface area contributed by atoms with Gasteiger partial charge in [-0.3, -0.25) is 0 Å². The molecule has 2 atom stereocenters. The lowest BCUT2D eigenvalue weighted by Gasteiger charge is -2.31. The fourth-order valence-electron chi connectivity index (χ4n) is 1.72. The summed E-state index contributed by atoms with van der Waals surface area (Å²) in [5.41, 5.74) is 0. The number of hydrogen-bond donors (Lipinski definition) is 1. The van der Waals surface area contributed by atoms with E-state index >= 15 is 0 Å². The topological polar surface area (TPSA) is 30.5 Å². The molecule has 90 valence electrons. The van der Waals surface area contributed by atoms with E-state index in [1.54, 1.807) is 7.11 Å². The Morgan fingerprint density at radius 1 is 1.53 bits per heavy atom. The van der Waals surface area contributed by atoms with Gasteiger partial charge in [0.25, 0.3) is 0 Å². The number of nitrogens with one attached hydrogen (secondary N) is 1.